The molecule has 3 N–H and O–H groups in total. The Bertz CT molecular complexity index is 1220. The van der Waals surface area contributed by atoms with E-state index in [2.05, 4.69) is 10.0 Å². The Hall–Kier alpha value is -2.92. The zero-order chi connectivity index (χ0) is 22.1. The van der Waals surface area contributed by atoms with E-state index in [0.29, 0.717) is 12.0 Å². The van der Waals surface area contributed by atoms with Crippen LogP contribution in [0.5, 0.6) is 0 Å². The molecule has 0 aromatic heterocycles. The highest BCUT2D eigenvalue weighted by molar-refractivity contribution is 7.92. The van der Waals surface area contributed by atoms with Crippen LogP contribution < -0.4 is 10.0 Å². The molecule has 3 rings (SSSR count). The monoisotopic (exact) mass is 452 g/mol. The van der Waals surface area contributed by atoms with Gasteiger partial charge in [-0.3, -0.25) is 9.52 Å². The number of benzene rings is 2. The van der Waals surface area contributed by atoms with Gasteiger partial charge in [0.15, 0.2) is 9.84 Å². The maximum Gasteiger partial charge on any atom is 0.335 e. The van der Waals surface area contributed by atoms with E-state index in [9.17, 15) is 26.4 Å². The van der Waals surface area contributed by atoms with E-state index in [1.54, 1.807) is 6.92 Å². The summed E-state index contributed by atoms with van der Waals surface area (Å²) in [5.41, 5.74) is 0.474. The largest absolute Gasteiger partial charge is 0.478 e. The second-order valence-corrected chi connectivity index (χ2v) is 10.9. The first-order valence-corrected chi connectivity index (χ1v) is 12.3. The molecular weight excluding hydrogens is 432 g/mol. The average molecular weight is 453 g/mol. The highest BCUT2D eigenvalue weighted by atomic mass is 32.2. The Morgan fingerprint density at radius 1 is 1.10 bits per heavy atom. The van der Waals surface area contributed by atoms with Crippen molar-refractivity contribution in [2.75, 3.05) is 16.2 Å². The number of carbonyl (C=O) groups excluding carboxylic acids is 1. The summed E-state index contributed by atoms with van der Waals surface area (Å²) in [5, 5.41) is 11.7. The van der Waals surface area contributed by atoms with Crippen molar-refractivity contribution in [3.05, 3.63) is 59.2 Å². The third kappa shape index (κ3) is 4.97. The van der Waals surface area contributed by atoms with Crippen molar-refractivity contribution < 1.29 is 31.5 Å². The molecule has 1 heterocycles. The van der Waals surface area contributed by atoms with Gasteiger partial charge in [0.25, 0.3) is 15.9 Å². The summed E-state index contributed by atoms with van der Waals surface area (Å²) < 4.78 is 50.9. The number of carbonyl (C=O) groups is 2. The first kappa shape index (κ1) is 21.8. The number of amides is 1. The van der Waals surface area contributed by atoms with Gasteiger partial charge < -0.3 is 10.4 Å². The van der Waals surface area contributed by atoms with Gasteiger partial charge in [-0.05, 0) is 49.2 Å². The van der Waals surface area contributed by atoms with Crippen LogP contribution >= 0.6 is 0 Å². The van der Waals surface area contributed by atoms with Crippen LogP contribution in [0.4, 0.5) is 5.69 Å². The SMILES string of the molecule is Cc1ccc(C(=O)O)cc1S(=O)(=O)Nc1cccc(C(=O)N[C@H]2CCS(=O)(=O)C2)c1. The quantitative estimate of drug-likeness (QED) is 0.600. The minimum Gasteiger partial charge on any atom is -0.478 e. The molecule has 1 saturated heterocycles. The summed E-state index contributed by atoms with van der Waals surface area (Å²) in [6, 6.07) is 9.03. The maximum atomic E-state index is 12.8. The lowest BCUT2D eigenvalue weighted by molar-refractivity contribution is 0.0696. The van der Waals surface area contributed by atoms with Crippen LogP contribution in [0.15, 0.2) is 47.4 Å². The summed E-state index contributed by atoms with van der Waals surface area (Å²) in [6.45, 7) is 1.54. The molecule has 1 fully saturated rings. The Kier molecular flexibility index (Phi) is 5.86. The van der Waals surface area contributed by atoms with Gasteiger partial charge >= 0.3 is 5.97 Å². The van der Waals surface area contributed by atoms with Gasteiger partial charge in [0.05, 0.1) is 22.0 Å². The fourth-order valence-electron chi connectivity index (χ4n) is 3.13. The van der Waals surface area contributed by atoms with Crippen molar-refractivity contribution >= 4 is 37.4 Å². The molecule has 160 valence electrons. The van der Waals surface area contributed by atoms with Crippen molar-refractivity contribution in [1.29, 1.82) is 0 Å². The van der Waals surface area contributed by atoms with Crippen molar-refractivity contribution in [3.63, 3.8) is 0 Å². The third-order valence-corrected chi connectivity index (χ3v) is 7.96. The van der Waals surface area contributed by atoms with Gasteiger partial charge in [-0.25, -0.2) is 21.6 Å². The Morgan fingerprint density at radius 2 is 1.83 bits per heavy atom. The molecule has 9 nitrogen and oxygen atoms in total. The van der Waals surface area contributed by atoms with Gasteiger partial charge in [-0.1, -0.05) is 12.1 Å². The predicted molar refractivity (Wildman–Crippen MR) is 110 cm³/mol. The van der Waals surface area contributed by atoms with Crippen molar-refractivity contribution in [2.24, 2.45) is 0 Å². The highest BCUT2D eigenvalue weighted by Crippen LogP contribution is 2.22. The lowest BCUT2D eigenvalue weighted by Gasteiger charge is -2.13. The zero-order valence-corrected chi connectivity index (χ0v) is 17.6. The van der Waals surface area contributed by atoms with Crippen LogP contribution in [0.3, 0.4) is 0 Å². The van der Waals surface area contributed by atoms with E-state index in [4.69, 9.17) is 5.11 Å². The lowest BCUT2D eigenvalue weighted by Crippen LogP contribution is -2.35. The lowest BCUT2D eigenvalue weighted by atomic mass is 10.1. The summed E-state index contributed by atoms with van der Waals surface area (Å²) in [7, 11) is -7.25. The minimum absolute atomic E-state index is 0.0204. The molecule has 1 atom stereocenters. The van der Waals surface area contributed by atoms with Crippen LogP contribution in [0.1, 0.15) is 32.7 Å². The van der Waals surface area contributed by atoms with Crippen LogP contribution in [-0.4, -0.2) is 51.4 Å². The fourth-order valence-corrected chi connectivity index (χ4v) is 6.13. The Labute approximate surface area is 174 Å². The molecule has 2 aromatic rings. The van der Waals surface area contributed by atoms with Gasteiger partial charge in [-0.2, -0.15) is 0 Å². The summed E-state index contributed by atoms with van der Waals surface area (Å²) in [5.74, 6) is -1.86. The van der Waals surface area contributed by atoms with E-state index >= 15 is 0 Å². The summed E-state index contributed by atoms with van der Waals surface area (Å²) in [6.07, 6.45) is 0.333. The number of carboxylic acid groups (broad SMARTS) is 1. The first-order valence-electron chi connectivity index (χ1n) is 8.95. The first-order chi connectivity index (χ1) is 14.0. The molecule has 0 aliphatic carbocycles. The molecule has 1 amide bonds. The van der Waals surface area contributed by atoms with Crippen LogP contribution in [0, 0.1) is 6.92 Å². The van der Waals surface area contributed by atoms with Gasteiger partial charge in [0.2, 0.25) is 0 Å². The zero-order valence-electron chi connectivity index (χ0n) is 16.0. The maximum absolute atomic E-state index is 12.8. The average Bonchev–Trinajstić information content (AvgIpc) is 2.99. The van der Waals surface area contributed by atoms with E-state index in [0.717, 1.165) is 6.07 Å². The second-order valence-electron chi connectivity index (χ2n) is 7.05. The van der Waals surface area contributed by atoms with Crippen molar-refractivity contribution in [2.45, 2.75) is 24.3 Å². The number of aryl methyl sites for hydroxylation is 1. The Morgan fingerprint density at radius 3 is 2.47 bits per heavy atom. The smallest absolute Gasteiger partial charge is 0.335 e. The molecule has 2 aromatic carbocycles. The highest BCUT2D eigenvalue weighted by Gasteiger charge is 2.29. The number of aromatic carboxylic acids is 1. The number of hydrogen-bond donors (Lipinski definition) is 3. The Balaban J connectivity index is 1.80. The normalized spacial score (nSPS) is 18.0. The summed E-state index contributed by atoms with van der Waals surface area (Å²) >= 11 is 0. The number of sulfone groups is 1. The third-order valence-electron chi connectivity index (χ3n) is 4.67. The van der Waals surface area contributed by atoms with E-state index in [1.807, 2.05) is 0 Å². The van der Waals surface area contributed by atoms with E-state index < -0.39 is 37.8 Å². The van der Waals surface area contributed by atoms with Gasteiger partial charge in [0, 0.05) is 17.3 Å². The molecule has 1 aliphatic rings. The number of anilines is 1. The molecule has 0 unspecified atom stereocenters. The number of carboxylic acids is 1. The molecule has 0 bridgehead atoms. The molecule has 0 spiro atoms. The molecular formula is C19H20N2O7S2. The van der Waals surface area contributed by atoms with Crippen molar-refractivity contribution in [3.8, 4) is 0 Å². The fraction of sp³-hybridized carbons (Fsp3) is 0.263. The standard InChI is InChI=1S/C19H20N2O7S2/c1-12-5-6-14(19(23)24)10-17(12)30(27,28)21-15-4-2-3-13(9-15)18(22)20-16-7-8-29(25,26)11-16/h2-6,9-10,16,21H,7-8,11H2,1H3,(H,20,22)(H,23,24)/t16-/m0/s1. The number of nitrogens with one attached hydrogen (secondary N) is 2. The minimum atomic E-state index is -4.10. The van der Waals surface area contributed by atoms with E-state index in [1.165, 1.54) is 36.4 Å². The molecule has 30 heavy (non-hydrogen) atoms. The predicted octanol–water partition coefficient (Wildman–Crippen LogP) is 1.41. The molecule has 0 radical (unpaired) electrons. The second kappa shape index (κ2) is 8.07. The van der Waals surface area contributed by atoms with E-state index in [-0.39, 0.29) is 33.2 Å². The number of hydrogen-bond acceptors (Lipinski definition) is 6. The van der Waals surface area contributed by atoms with Gasteiger partial charge in [-0.15, -0.1) is 0 Å². The van der Waals surface area contributed by atoms with Gasteiger partial charge in [0.1, 0.15) is 0 Å². The van der Waals surface area contributed by atoms with Crippen LogP contribution in [-0.2, 0) is 19.9 Å². The topological polar surface area (TPSA) is 147 Å². The summed E-state index contributed by atoms with van der Waals surface area (Å²) in [4.78, 5) is 23.4. The van der Waals surface area contributed by atoms with Crippen molar-refractivity contribution in [1.82, 2.24) is 5.32 Å². The molecule has 11 heteroatoms. The molecule has 0 saturated carbocycles. The molecule has 1 aliphatic heterocycles. The van der Waals surface area contributed by atoms with Crippen LogP contribution in [0.25, 0.3) is 0 Å². The number of sulfonamides is 1. The van der Waals surface area contributed by atoms with Crippen LogP contribution in [0.2, 0.25) is 0 Å². The number of rotatable bonds is 6.